The molecular formula is C23H25F4N3OS. The second-order valence-corrected chi connectivity index (χ2v) is 9.60. The van der Waals surface area contributed by atoms with Gasteiger partial charge in [0.1, 0.15) is 5.82 Å². The van der Waals surface area contributed by atoms with E-state index < -0.39 is 18.1 Å². The van der Waals surface area contributed by atoms with Crippen LogP contribution in [0.3, 0.4) is 0 Å². The molecule has 0 spiro atoms. The topological polar surface area (TPSA) is 45.2 Å². The first kappa shape index (κ1) is 22.9. The average molecular weight is 468 g/mol. The van der Waals surface area contributed by atoms with E-state index in [1.165, 1.54) is 31.4 Å². The number of halogens is 4. The number of fused-ring (bicyclic) bond motifs is 1. The summed E-state index contributed by atoms with van der Waals surface area (Å²) in [5.41, 5.74) is 1.95. The molecule has 2 aliphatic rings. The Kier molecular flexibility index (Phi) is 6.65. The summed E-state index contributed by atoms with van der Waals surface area (Å²) in [5, 5.41) is 3.23. The fraction of sp³-hybridized carbons (Fsp3) is 0.478. The third kappa shape index (κ3) is 4.87. The SMILES string of the molecule is CN(C(=O)C1CCSCC1)C(c1ccc(NC2Cc3cccc(F)c3C2)cn1)C(F)(F)F. The number of carbonyl (C=O) groups is 1. The van der Waals surface area contributed by atoms with Crippen LogP contribution in [0.15, 0.2) is 36.5 Å². The molecular weight excluding hydrogens is 442 g/mol. The fourth-order valence-corrected chi connectivity index (χ4v) is 5.65. The number of nitrogens with zero attached hydrogens (tertiary/aromatic N) is 2. The van der Waals surface area contributed by atoms with Gasteiger partial charge in [-0.1, -0.05) is 12.1 Å². The fourth-order valence-electron chi connectivity index (χ4n) is 4.54. The zero-order chi connectivity index (χ0) is 22.9. The van der Waals surface area contributed by atoms with Crippen LogP contribution >= 0.6 is 11.8 Å². The van der Waals surface area contributed by atoms with Crippen molar-refractivity contribution < 1.29 is 22.4 Å². The van der Waals surface area contributed by atoms with Gasteiger partial charge in [0, 0.05) is 19.0 Å². The second-order valence-electron chi connectivity index (χ2n) is 8.38. The quantitative estimate of drug-likeness (QED) is 0.629. The van der Waals surface area contributed by atoms with Crippen molar-refractivity contribution >= 4 is 23.4 Å². The monoisotopic (exact) mass is 467 g/mol. The van der Waals surface area contributed by atoms with Gasteiger partial charge in [0.15, 0.2) is 6.04 Å². The number of anilines is 1. The number of rotatable bonds is 5. The highest BCUT2D eigenvalue weighted by Gasteiger charge is 2.47. The molecule has 32 heavy (non-hydrogen) atoms. The van der Waals surface area contributed by atoms with Gasteiger partial charge in [-0.25, -0.2) is 4.39 Å². The minimum atomic E-state index is -4.64. The molecule has 1 amide bonds. The molecule has 4 rings (SSSR count). The van der Waals surface area contributed by atoms with Crippen molar-refractivity contribution in [2.75, 3.05) is 23.9 Å². The highest BCUT2D eigenvalue weighted by atomic mass is 32.2. The Morgan fingerprint density at radius 3 is 2.56 bits per heavy atom. The van der Waals surface area contributed by atoms with Crippen LogP contribution < -0.4 is 5.32 Å². The van der Waals surface area contributed by atoms with Gasteiger partial charge in [0.2, 0.25) is 5.91 Å². The van der Waals surface area contributed by atoms with Crippen LogP contribution in [0.25, 0.3) is 0 Å². The normalized spacial score (nSPS) is 20.0. The van der Waals surface area contributed by atoms with Gasteiger partial charge < -0.3 is 10.2 Å². The van der Waals surface area contributed by atoms with Gasteiger partial charge in [0.05, 0.1) is 17.6 Å². The summed E-state index contributed by atoms with van der Waals surface area (Å²) in [5.74, 6) is 0.472. The Bertz CT molecular complexity index is 961. The number of nitrogens with one attached hydrogen (secondary N) is 1. The largest absolute Gasteiger partial charge is 0.414 e. The highest BCUT2D eigenvalue weighted by molar-refractivity contribution is 7.99. The van der Waals surface area contributed by atoms with E-state index in [0.29, 0.717) is 36.9 Å². The number of alkyl halides is 3. The number of aromatic nitrogens is 1. The smallest absolute Gasteiger partial charge is 0.380 e. The summed E-state index contributed by atoms with van der Waals surface area (Å²) < 4.78 is 55.7. The van der Waals surface area contributed by atoms with E-state index in [1.54, 1.807) is 17.8 Å². The standard InChI is InChI=1S/C23H25F4N3OS/c1-30(22(31)14-7-9-32-10-8-14)21(23(25,26)27)20-6-5-16(13-28-20)29-17-11-15-3-2-4-19(24)18(15)12-17/h2-6,13-14,17,21,29H,7-12H2,1H3. The summed E-state index contributed by atoms with van der Waals surface area (Å²) in [6.45, 7) is 0. The Morgan fingerprint density at radius 2 is 1.94 bits per heavy atom. The van der Waals surface area contributed by atoms with Crippen LogP contribution in [0.4, 0.5) is 23.2 Å². The van der Waals surface area contributed by atoms with Crippen molar-refractivity contribution in [3.8, 4) is 0 Å². The summed E-state index contributed by atoms with van der Waals surface area (Å²) in [7, 11) is 1.21. The van der Waals surface area contributed by atoms with Gasteiger partial charge in [-0.2, -0.15) is 24.9 Å². The third-order valence-corrected chi connectivity index (χ3v) is 7.23. The molecule has 1 aromatic carbocycles. The lowest BCUT2D eigenvalue weighted by molar-refractivity contribution is -0.191. The number of hydrogen-bond acceptors (Lipinski definition) is 4. The first-order chi connectivity index (χ1) is 15.2. The molecule has 9 heteroatoms. The minimum absolute atomic E-state index is 0.0543. The molecule has 1 aromatic heterocycles. The van der Waals surface area contributed by atoms with E-state index in [2.05, 4.69) is 10.3 Å². The number of amides is 1. The number of pyridine rings is 1. The lowest BCUT2D eigenvalue weighted by Crippen LogP contribution is -2.43. The van der Waals surface area contributed by atoms with Gasteiger partial charge >= 0.3 is 6.18 Å². The van der Waals surface area contributed by atoms with E-state index in [0.717, 1.165) is 22.0 Å². The van der Waals surface area contributed by atoms with E-state index in [-0.39, 0.29) is 23.5 Å². The maximum Gasteiger partial charge on any atom is 0.414 e. The zero-order valence-corrected chi connectivity index (χ0v) is 18.5. The van der Waals surface area contributed by atoms with Crippen LogP contribution in [0.5, 0.6) is 0 Å². The molecule has 1 aliphatic carbocycles. The Balaban J connectivity index is 1.47. The Hall–Kier alpha value is -2.29. The molecule has 0 radical (unpaired) electrons. The van der Waals surface area contributed by atoms with Crippen molar-refractivity contribution in [1.29, 1.82) is 0 Å². The van der Waals surface area contributed by atoms with Crippen LogP contribution in [0.2, 0.25) is 0 Å². The van der Waals surface area contributed by atoms with Crippen molar-refractivity contribution in [2.24, 2.45) is 5.92 Å². The highest BCUT2D eigenvalue weighted by Crippen LogP contribution is 2.38. The maximum absolute atomic E-state index is 14.0. The molecule has 1 saturated heterocycles. The first-order valence-electron chi connectivity index (χ1n) is 10.6. The molecule has 2 atom stereocenters. The molecule has 1 fully saturated rings. The zero-order valence-electron chi connectivity index (χ0n) is 17.7. The van der Waals surface area contributed by atoms with E-state index >= 15 is 0 Å². The lowest BCUT2D eigenvalue weighted by atomic mass is 9.99. The van der Waals surface area contributed by atoms with Crippen LogP contribution in [-0.2, 0) is 17.6 Å². The number of hydrogen-bond donors (Lipinski definition) is 1. The first-order valence-corrected chi connectivity index (χ1v) is 11.8. The van der Waals surface area contributed by atoms with Crippen LogP contribution in [0, 0.1) is 11.7 Å². The summed E-state index contributed by atoms with van der Waals surface area (Å²) in [6.07, 6.45) is -0.954. The van der Waals surface area contributed by atoms with Crippen molar-refractivity contribution in [1.82, 2.24) is 9.88 Å². The molecule has 0 bridgehead atoms. The number of carbonyl (C=O) groups excluding carboxylic acids is 1. The van der Waals surface area contributed by atoms with Crippen LogP contribution in [-0.4, -0.2) is 46.6 Å². The predicted octanol–water partition coefficient (Wildman–Crippen LogP) is 5.01. The lowest BCUT2D eigenvalue weighted by Gasteiger charge is -2.33. The van der Waals surface area contributed by atoms with Gasteiger partial charge in [-0.3, -0.25) is 9.78 Å². The minimum Gasteiger partial charge on any atom is -0.380 e. The second kappa shape index (κ2) is 9.29. The molecule has 1 aliphatic heterocycles. The summed E-state index contributed by atoms with van der Waals surface area (Å²) in [4.78, 5) is 17.6. The number of thioether (sulfide) groups is 1. The van der Waals surface area contributed by atoms with E-state index in [9.17, 15) is 22.4 Å². The summed E-state index contributed by atoms with van der Waals surface area (Å²) >= 11 is 1.72. The van der Waals surface area contributed by atoms with Crippen molar-refractivity contribution in [3.63, 3.8) is 0 Å². The van der Waals surface area contributed by atoms with Crippen LogP contribution in [0.1, 0.15) is 35.7 Å². The van der Waals surface area contributed by atoms with E-state index in [4.69, 9.17) is 0 Å². The Morgan fingerprint density at radius 1 is 1.19 bits per heavy atom. The molecule has 0 saturated carbocycles. The molecule has 2 aromatic rings. The molecule has 1 N–H and O–H groups in total. The maximum atomic E-state index is 14.0. The number of benzene rings is 1. The predicted molar refractivity (Wildman–Crippen MR) is 117 cm³/mol. The van der Waals surface area contributed by atoms with E-state index in [1.807, 2.05) is 6.07 Å². The van der Waals surface area contributed by atoms with Gasteiger partial charge in [-0.05, 0) is 66.5 Å². The molecule has 172 valence electrons. The van der Waals surface area contributed by atoms with Gasteiger partial charge in [-0.15, -0.1) is 0 Å². The molecule has 4 nitrogen and oxygen atoms in total. The molecule has 2 heterocycles. The van der Waals surface area contributed by atoms with Gasteiger partial charge in [0.25, 0.3) is 0 Å². The third-order valence-electron chi connectivity index (χ3n) is 6.19. The Labute approximate surface area is 188 Å². The van der Waals surface area contributed by atoms with Crippen molar-refractivity contribution in [2.45, 2.75) is 43.9 Å². The van der Waals surface area contributed by atoms with Crippen molar-refractivity contribution in [3.05, 3.63) is 59.2 Å². The summed E-state index contributed by atoms with van der Waals surface area (Å²) in [6, 6.07) is 5.68. The molecule has 2 unspecified atom stereocenters. The average Bonchev–Trinajstić information content (AvgIpc) is 3.18.